The number of benzene rings is 1. The maximum absolute atomic E-state index is 13.0. The summed E-state index contributed by atoms with van der Waals surface area (Å²) in [6.45, 7) is 11.8. The summed E-state index contributed by atoms with van der Waals surface area (Å²) in [5, 5.41) is 20.8. The number of hydrogen-bond donors (Lipinski definition) is 2. The minimum atomic E-state index is -0.358. The predicted octanol–water partition coefficient (Wildman–Crippen LogP) is 3.26. The van der Waals surface area contributed by atoms with Crippen LogP contribution in [0.4, 0.5) is 10.5 Å². The largest absolute Gasteiger partial charge is 0.394 e. The van der Waals surface area contributed by atoms with Crippen LogP contribution in [0.15, 0.2) is 30.5 Å². The Morgan fingerprint density at radius 3 is 2.65 bits per heavy atom. The first-order valence-electron chi connectivity index (χ1n) is 13.0. The molecule has 0 spiro atoms. The van der Waals surface area contributed by atoms with E-state index < -0.39 is 0 Å². The van der Waals surface area contributed by atoms with E-state index in [0.717, 1.165) is 11.4 Å². The predicted molar refractivity (Wildman–Crippen MR) is 142 cm³/mol. The lowest BCUT2D eigenvalue weighted by atomic mass is 9.87. The van der Waals surface area contributed by atoms with Gasteiger partial charge in [-0.05, 0) is 36.5 Å². The highest BCUT2D eigenvalue weighted by molar-refractivity contribution is 5.89. The first-order chi connectivity index (χ1) is 17.5. The van der Waals surface area contributed by atoms with E-state index >= 15 is 0 Å². The number of fused-ring (bicyclic) bond motifs is 1. The molecule has 0 aliphatic carbocycles. The number of aryl methyl sites for hydroxylation is 1. The minimum absolute atomic E-state index is 0.0146. The van der Waals surface area contributed by atoms with Gasteiger partial charge in [-0.15, -0.1) is 5.10 Å². The normalized spacial score (nSPS) is 20.4. The lowest BCUT2D eigenvalue weighted by Crippen LogP contribution is -2.48. The Morgan fingerprint density at radius 2 is 2.00 bits per heavy atom. The number of carbonyl (C=O) groups excluding carboxylic acids is 2. The number of nitrogens with one attached hydrogen (secondary N) is 1. The van der Waals surface area contributed by atoms with Crippen LogP contribution in [0.5, 0.6) is 0 Å². The molecule has 2 heterocycles. The number of likely N-dealkylation sites (N-methyl/N-ethyl adjacent to an activating group) is 1. The van der Waals surface area contributed by atoms with Gasteiger partial charge in [0.2, 0.25) is 5.91 Å². The van der Waals surface area contributed by atoms with Crippen LogP contribution in [0.2, 0.25) is 0 Å². The van der Waals surface area contributed by atoms with E-state index in [9.17, 15) is 14.7 Å². The number of aliphatic hydroxyl groups excluding tert-OH is 1. The van der Waals surface area contributed by atoms with Crippen LogP contribution in [0.25, 0.3) is 0 Å². The topological polar surface area (TPSA) is 113 Å². The average molecular weight is 515 g/mol. The zero-order chi connectivity index (χ0) is 27.2. The molecule has 1 aromatic heterocycles. The van der Waals surface area contributed by atoms with Crippen molar-refractivity contribution in [3.05, 3.63) is 41.7 Å². The van der Waals surface area contributed by atoms with Crippen LogP contribution in [0.1, 0.15) is 58.7 Å². The Morgan fingerprint density at radius 1 is 1.30 bits per heavy atom. The molecule has 0 unspecified atom stereocenters. The second-order valence-corrected chi connectivity index (χ2v) is 11.1. The third kappa shape index (κ3) is 7.75. The van der Waals surface area contributed by atoms with Gasteiger partial charge in [0, 0.05) is 44.7 Å². The summed E-state index contributed by atoms with van der Waals surface area (Å²) in [6, 6.07) is 7.33. The van der Waals surface area contributed by atoms with Crippen LogP contribution >= 0.6 is 0 Å². The number of carbonyl (C=O) groups is 2. The van der Waals surface area contributed by atoms with Gasteiger partial charge >= 0.3 is 6.03 Å². The van der Waals surface area contributed by atoms with Gasteiger partial charge < -0.3 is 25.0 Å². The van der Waals surface area contributed by atoms with Crippen LogP contribution in [-0.2, 0) is 28.1 Å². The van der Waals surface area contributed by atoms with Gasteiger partial charge in [0.25, 0.3) is 0 Å². The second kappa shape index (κ2) is 12.5. The van der Waals surface area contributed by atoms with Crippen molar-refractivity contribution in [2.45, 2.75) is 78.2 Å². The van der Waals surface area contributed by atoms with E-state index in [-0.39, 0.29) is 42.0 Å². The summed E-state index contributed by atoms with van der Waals surface area (Å²) in [5.74, 6) is -0.109. The van der Waals surface area contributed by atoms with Crippen molar-refractivity contribution in [2.24, 2.45) is 5.92 Å². The highest BCUT2D eigenvalue weighted by Crippen LogP contribution is 2.24. The number of ether oxygens (including phenoxy) is 1. The van der Waals surface area contributed by atoms with Gasteiger partial charge in [-0.2, -0.15) is 0 Å². The molecular formula is C27H42N6O4. The first kappa shape index (κ1) is 28.6. The minimum Gasteiger partial charge on any atom is -0.394 e. The lowest BCUT2D eigenvalue weighted by Gasteiger charge is -2.35. The fraction of sp³-hybridized carbons (Fsp3) is 0.630. The van der Waals surface area contributed by atoms with Gasteiger partial charge in [0.05, 0.1) is 37.3 Å². The van der Waals surface area contributed by atoms with E-state index in [1.54, 1.807) is 27.7 Å². The molecule has 10 nitrogen and oxygen atoms in total. The Balaban J connectivity index is 1.74. The summed E-state index contributed by atoms with van der Waals surface area (Å²) < 4.78 is 8.07. The monoisotopic (exact) mass is 514 g/mol. The van der Waals surface area contributed by atoms with Crippen LogP contribution in [-0.4, -0.2) is 80.7 Å². The SMILES string of the molecule is C[C@@H]1CN([C@@H](C)CO)C(=O)CCCn2nncc2CO[C@H]1CN(C)C(=O)Nc1ccc(C(C)(C)C)cc1. The summed E-state index contributed by atoms with van der Waals surface area (Å²) in [6.07, 6.45) is 2.30. The number of anilines is 1. The van der Waals surface area contributed by atoms with Crippen molar-refractivity contribution in [2.75, 3.05) is 32.1 Å². The molecule has 0 radical (unpaired) electrons. The molecule has 0 saturated carbocycles. The van der Waals surface area contributed by atoms with Crippen molar-refractivity contribution in [1.29, 1.82) is 0 Å². The smallest absolute Gasteiger partial charge is 0.321 e. The van der Waals surface area contributed by atoms with E-state index in [1.165, 1.54) is 5.56 Å². The van der Waals surface area contributed by atoms with E-state index in [4.69, 9.17) is 4.74 Å². The molecule has 1 aliphatic rings. The molecular weight excluding hydrogens is 472 g/mol. The number of aromatic nitrogens is 3. The number of hydrogen-bond acceptors (Lipinski definition) is 6. The quantitative estimate of drug-likeness (QED) is 0.633. The molecule has 204 valence electrons. The molecule has 10 heteroatoms. The highest BCUT2D eigenvalue weighted by atomic mass is 16.5. The number of amides is 3. The van der Waals surface area contributed by atoms with Crippen molar-refractivity contribution in [3.63, 3.8) is 0 Å². The molecule has 3 rings (SSSR count). The van der Waals surface area contributed by atoms with Crippen molar-refractivity contribution in [3.8, 4) is 0 Å². The van der Waals surface area contributed by atoms with Gasteiger partial charge in [-0.3, -0.25) is 4.79 Å². The molecule has 1 aliphatic heterocycles. The molecule has 2 aromatic rings. The highest BCUT2D eigenvalue weighted by Gasteiger charge is 2.29. The molecule has 0 saturated heterocycles. The fourth-order valence-corrected chi connectivity index (χ4v) is 4.37. The third-order valence-electron chi connectivity index (χ3n) is 6.94. The number of aliphatic hydroxyl groups is 1. The molecule has 3 amide bonds. The van der Waals surface area contributed by atoms with E-state index in [1.807, 2.05) is 38.1 Å². The standard InChI is InChI=1S/C27H42N6O4/c1-19-15-32(20(2)17-34)25(35)8-7-13-33-23(14-28-30-33)18-37-24(19)16-31(6)26(36)29-22-11-9-21(10-12-22)27(3,4)5/h9-12,14,19-20,24,34H,7-8,13,15-18H2,1-6H3,(H,29,36)/t19-,20+,24+/m1/s1. The Bertz CT molecular complexity index is 1030. The maximum atomic E-state index is 13.0. The van der Waals surface area contributed by atoms with Crippen molar-refractivity contribution < 1.29 is 19.4 Å². The summed E-state index contributed by atoms with van der Waals surface area (Å²) in [4.78, 5) is 29.3. The van der Waals surface area contributed by atoms with Gasteiger partial charge in [0.15, 0.2) is 0 Å². The zero-order valence-corrected chi connectivity index (χ0v) is 23.0. The number of urea groups is 1. The van der Waals surface area contributed by atoms with Gasteiger partial charge in [0.1, 0.15) is 0 Å². The Kier molecular flexibility index (Phi) is 9.67. The summed E-state index contributed by atoms with van der Waals surface area (Å²) in [5.41, 5.74) is 2.78. The van der Waals surface area contributed by atoms with Crippen LogP contribution in [0, 0.1) is 5.92 Å². The van der Waals surface area contributed by atoms with Crippen molar-refractivity contribution >= 4 is 17.6 Å². The summed E-state index contributed by atoms with van der Waals surface area (Å²) in [7, 11) is 1.73. The third-order valence-corrected chi connectivity index (χ3v) is 6.94. The average Bonchev–Trinajstić information content (AvgIpc) is 3.30. The maximum Gasteiger partial charge on any atom is 0.321 e. The lowest BCUT2D eigenvalue weighted by molar-refractivity contribution is -0.136. The van der Waals surface area contributed by atoms with Gasteiger partial charge in [-0.1, -0.05) is 45.0 Å². The van der Waals surface area contributed by atoms with Crippen LogP contribution in [0.3, 0.4) is 0 Å². The first-order valence-corrected chi connectivity index (χ1v) is 13.0. The number of nitrogens with zero attached hydrogens (tertiary/aromatic N) is 5. The Labute approximate surface area is 220 Å². The molecule has 0 bridgehead atoms. The number of rotatable bonds is 5. The van der Waals surface area contributed by atoms with E-state index in [0.29, 0.717) is 39.1 Å². The molecule has 1 aromatic carbocycles. The molecule has 2 N–H and O–H groups in total. The van der Waals surface area contributed by atoms with Gasteiger partial charge in [-0.25, -0.2) is 9.48 Å². The van der Waals surface area contributed by atoms with Crippen molar-refractivity contribution in [1.82, 2.24) is 24.8 Å². The molecule has 0 fully saturated rings. The summed E-state index contributed by atoms with van der Waals surface area (Å²) >= 11 is 0. The Hall–Kier alpha value is -2.98. The fourth-order valence-electron chi connectivity index (χ4n) is 4.37. The molecule has 37 heavy (non-hydrogen) atoms. The molecule has 3 atom stereocenters. The van der Waals surface area contributed by atoms with Crippen LogP contribution < -0.4 is 5.32 Å². The van der Waals surface area contributed by atoms with E-state index in [2.05, 4.69) is 36.4 Å². The zero-order valence-electron chi connectivity index (χ0n) is 23.0. The second-order valence-electron chi connectivity index (χ2n) is 11.1.